The molecule has 2 atom stereocenters. The zero-order chi connectivity index (χ0) is 21.1. The fourth-order valence-corrected chi connectivity index (χ4v) is 4.34. The smallest absolute Gasteiger partial charge is 0.312 e. The first-order valence-corrected chi connectivity index (χ1v) is 9.42. The van der Waals surface area contributed by atoms with Crippen LogP contribution in [0.4, 0.5) is 0 Å². The van der Waals surface area contributed by atoms with Gasteiger partial charge >= 0.3 is 11.9 Å². The van der Waals surface area contributed by atoms with Crippen LogP contribution in [0.15, 0.2) is 18.2 Å². The number of aliphatic carboxylic acids is 2. The molecule has 0 unspecified atom stereocenters. The molecule has 1 heterocycles. The van der Waals surface area contributed by atoms with Crippen LogP contribution in [-0.2, 0) is 14.4 Å². The quantitative estimate of drug-likeness (QED) is 0.775. The molecule has 1 saturated heterocycles. The first-order valence-electron chi connectivity index (χ1n) is 9.42. The molecule has 1 aliphatic heterocycles. The van der Waals surface area contributed by atoms with Gasteiger partial charge in [-0.3, -0.25) is 14.4 Å². The number of carboxylic acid groups (broad SMARTS) is 2. The van der Waals surface area contributed by atoms with Gasteiger partial charge in [-0.25, -0.2) is 0 Å². The molecule has 0 aromatic heterocycles. The summed E-state index contributed by atoms with van der Waals surface area (Å²) < 4.78 is 6.10. The number of benzene rings is 1. The van der Waals surface area contributed by atoms with E-state index in [-0.39, 0.29) is 25.4 Å². The third-order valence-electron chi connectivity index (χ3n) is 6.09. The standard InChI is InChI=1S/C21H27NO6/c1-12(2)14-7-6-13(3)8-15(14)28-19(4,5)16(23)22-10-20(17(24)25)9-21(20,11-22)18(26)27/h6-8,12H,9-11H2,1-5H3,(H,24,25)(H,26,27)/t20-,21+. The lowest BCUT2D eigenvalue weighted by Gasteiger charge is -2.32. The number of likely N-dealkylation sites (tertiary alicyclic amines) is 1. The van der Waals surface area contributed by atoms with E-state index >= 15 is 0 Å². The molecular weight excluding hydrogens is 362 g/mol. The molecule has 0 spiro atoms. The summed E-state index contributed by atoms with van der Waals surface area (Å²) in [6.45, 7) is 9.06. The maximum absolute atomic E-state index is 13.1. The van der Waals surface area contributed by atoms with Gasteiger partial charge in [-0.1, -0.05) is 26.0 Å². The lowest BCUT2D eigenvalue weighted by atomic mass is 9.97. The van der Waals surface area contributed by atoms with Crippen LogP contribution in [0.3, 0.4) is 0 Å². The minimum atomic E-state index is -1.39. The molecule has 7 heteroatoms. The maximum atomic E-state index is 13.1. The molecule has 0 bridgehead atoms. The molecule has 0 radical (unpaired) electrons. The molecule has 1 aromatic rings. The Morgan fingerprint density at radius 2 is 1.64 bits per heavy atom. The predicted molar refractivity (Wildman–Crippen MR) is 101 cm³/mol. The molecule has 1 aliphatic carbocycles. The summed E-state index contributed by atoms with van der Waals surface area (Å²) in [5.41, 5.74) is -2.07. The predicted octanol–water partition coefficient (Wildman–Crippen LogP) is 2.66. The van der Waals surface area contributed by atoms with Crippen molar-refractivity contribution in [2.45, 2.75) is 52.6 Å². The third-order valence-corrected chi connectivity index (χ3v) is 6.09. The summed E-state index contributed by atoms with van der Waals surface area (Å²) in [6, 6.07) is 5.83. The van der Waals surface area contributed by atoms with Crippen molar-refractivity contribution >= 4 is 17.8 Å². The Hall–Kier alpha value is -2.57. The highest BCUT2D eigenvalue weighted by Gasteiger charge is 2.81. The Morgan fingerprint density at radius 1 is 1.11 bits per heavy atom. The molecule has 152 valence electrons. The second-order valence-electron chi connectivity index (χ2n) is 8.92. The average molecular weight is 389 g/mol. The zero-order valence-electron chi connectivity index (χ0n) is 16.9. The van der Waals surface area contributed by atoms with Crippen LogP contribution in [0, 0.1) is 17.8 Å². The van der Waals surface area contributed by atoms with Crippen molar-refractivity contribution in [3.05, 3.63) is 29.3 Å². The first kappa shape index (κ1) is 20.2. The van der Waals surface area contributed by atoms with Crippen molar-refractivity contribution in [1.29, 1.82) is 0 Å². The number of nitrogens with zero attached hydrogens (tertiary/aromatic N) is 1. The van der Waals surface area contributed by atoms with Crippen LogP contribution in [0.25, 0.3) is 0 Å². The number of hydrogen-bond acceptors (Lipinski definition) is 4. The summed E-state index contributed by atoms with van der Waals surface area (Å²) in [6.07, 6.45) is 0.0606. The van der Waals surface area contributed by atoms with Crippen molar-refractivity contribution in [3.8, 4) is 5.75 Å². The Labute approximate surface area is 164 Å². The van der Waals surface area contributed by atoms with E-state index < -0.39 is 34.3 Å². The second-order valence-corrected chi connectivity index (χ2v) is 8.92. The average Bonchev–Trinajstić information content (AvgIpc) is 3.12. The van der Waals surface area contributed by atoms with Gasteiger partial charge in [0, 0.05) is 13.1 Å². The van der Waals surface area contributed by atoms with E-state index in [0.29, 0.717) is 5.75 Å². The molecule has 1 aromatic carbocycles. The number of piperidine rings is 1. The van der Waals surface area contributed by atoms with Gasteiger partial charge in [0.1, 0.15) is 16.6 Å². The molecule has 1 amide bonds. The van der Waals surface area contributed by atoms with Gasteiger partial charge in [0.2, 0.25) is 0 Å². The zero-order valence-corrected chi connectivity index (χ0v) is 16.9. The lowest BCUT2D eigenvalue weighted by Crippen LogP contribution is -2.49. The number of ether oxygens (including phenoxy) is 1. The van der Waals surface area contributed by atoms with Gasteiger partial charge in [-0.15, -0.1) is 0 Å². The van der Waals surface area contributed by atoms with E-state index in [9.17, 15) is 24.6 Å². The summed E-state index contributed by atoms with van der Waals surface area (Å²) >= 11 is 0. The number of rotatable bonds is 6. The Bertz CT molecular complexity index is 832. The summed E-state index contributed by atoms with van der Waals surface area (Å²) in [5.74, 6) is -1.92. The van der Waals surface area contributed by atoms with Gasteiger partial charge in [-0.2, -0.15) is 0 Å². The molecule has 28 heavy (non-hydrogen) atoms. The summed E-state index contributed by atoms with van der Waals surface area (Å²) in [7, 11) is 0. The second kappa shape index (κ2) is 6.22. The van der Waals surface area contributed by atoms with Crippen LogP contribution in [0.2, 0.25) is 0 Å². The largest absolute Gasteiger partial charge is 0.481 e. The minimum absolute atomic E-state index is 0.0606. The topological polar surface area (TPSA) is 104 Å². The van der Waals surface area contributed by atoms with E-state index in [2.05, 4.69) is 0 Å². The third kappa shape index (κ3) is 2.84. The van der Waals surface area contributed by atoms with Crippen molar-refractivity contribution in [3.63, 3.8) is 0 Å². The lowest BCUT2D eigenvalue weighted by molar-refractivity contribution is -0.151. The number of aryl methyl sites for hydroxylation is 1. The van der Waals surface area contributed by atoms with E-state index in [1.807, 2.05) is 39.0 Å². The first-order chi connectivity index (χ1) is 12.9. The number of carbonyl (C=O) groups excluding carboxylic acids is 1. The van der Waals surface area contributed by atoms with Gasteiger partial charge < -0.3 is 19.8 Å². The van der Waals surface area contributed by atoms with Crippen LogP contribution < -0.4 is 4.74 Å². The van der Waals surface area contributed by atoms with Crippen molar-refractivity contribution in [1.82, 2.24) is 4.90 Å². The number of fused-ring (bicyclic) bond motifs is 1. The number of carboxylic acids is 2. The number of hydrogen-bond donors (Lipinski definition) is 2. The van der Waals surface area contributed by atoms with E-state index in [1.165, 1.54) is 4.90 Å². The van der Waals surface area contributed by atoms with Crippen molar-refractivity contribution in [2.24, 2.45) is 10.8 Å². The van der Waals surface area contributed by atoms with Gasteiger partial charge in [0.25, 0.3) is 5.91 Å². The molecule has 2 fully saturated rings. The van der Waals surface area contributed by atoms with Crippen molar-refractivity contribution in [2.75, 3.05) is 13.1 Å². The van der Waals surface area contributed by atoms with Crippen LogP contribution in [0.5, 0.6) is 5.75 Å². The van der Waals surface area contributed by atoms with E-state index in [4.69, 9.17) is 4.74 Å². The van der Waals surface area contributed by atoms with E-state index in [0.717, 1.165) is 11.1 Å². The monoisotopic (exact) mass is 389 g/mol. The molecular formula is C21H27NO6. The molecule has 7 nitrogen and oxygen atoms in total. The molecule has 3 rings (SSSR count). The highest BCUT2D eigenvalue weighted by molar-refractivity contribution is 5.97. The molecule has 1 saturated carbocycles. The van der Waals surface area contributed by atoms with Gasteiger partial charge in [-0.05, 0) is 50.3 Å². The fourth-order valence-electron chi connectivity index (χ4n) is 4.34. The fraction of sp³-hybridized carbons (Fsp3) is 0.571. The maximum Gasteiger partial charge on any atom is 0.312 e. The highest BCUT2D eigenvalue weighted by Crippen LogP contribution is 2.68. The van der Waals surface area contributed by atoms with Crippen molar-refractivity contribution < 1.29 is 29.3 Å². The van der Waals surface area contributed by atoms with Gasteiger partial charge in [0.15, 0.2) is 5.60 Å². The van der Waals surface area contributed by atoms with E-state index in [1.54, 1.807) is 13.8 Å². The SMILES string of the molecule is Cc1ccc(C(C)C)c(OC(C)(C)C(=O)N2C[C@@]3(C(=O)O)C[C@@]3(C(=O)O)C2)c1. The normalized spacial score (nSPS) is 26.1. The van der Waals surface area contributed by atoms with Crippen LogP contribution >= 0.6 is 0 Å². The molecule has 2 aliphatic rings. The minimum Gasteiger partial charge on any atom is -0.481 e. The molecule has 2 N–H and O–H groups in total. The summed E-state index contributed by atoms with van der Waals surface area (Å²) in [5, 5.41) is 19.1. The highest BCUT2D eigenvalue weighted by atomic mass is 16.5. The van der Waals surface area contributed by atoms with Crippen LogP contribution in [0.1, 0.15) is 51.2 Å². The number of amides is 1. The number of carbonyl (C=O) groups is 3. The Morgan fingerprint density at radius 3 is 2.11 bits per heavy atom. The van der Waals surface area contributed by atoms with Crippen LogP contribution in [-0.4, -0.2) is 51.6 Å². The summed E-state index contributed by atoms with van der Waals surface area (Å²) in [4.78, 5) is 37.9. The van der Waals surface area contributed by atoms with Gasteiger partial charge in [0.05, 0.1) is 0 Å². The Balaban J connectivity index is 1.85. The Kier molecular flexibility index (Phi) is 4.48.